The van der Waals surface area contributed by atoms with Crippen molar-refractivity contribution in [2.45, 2.75) is 32.8 Å². The summed E-state index contributed by atoms with van der Waals surface area (Å²) in [5, 5.41) is 14.3. The van der Waals surface area contributed by atoms with Gasteiger partial charge in [-0.25, -0.2) is 4.79 Å². The number of amides is 1. The zero-order chi connectivity index (χ0) is 16.9. The molecule has 0 fully saturated rings. The molecule has 0 unspecified atom stereocenters. The van der Waals surface area contributed by atoms with Crippen molar-refractivity contribution in [3.05, 3.63) is 48.0 Å². The first-order valence-corrected chi connectivity index (χ1v) is 7.70. The molecule has 0 spiro atoms. The summed E-state index contributed by atoms with van der Waals surface area (Å²) < 4.78 is 5.17. The molecule has 4 nitrogen and oxygen atoms in total. The Kier molecular flexibility index (Phi) is 5.27. The molecule has 2 aromatic carbocycles. The number of benzene rings is 2. The summed E-state index contributed by atoms with van der Waals surface area (Å²) in [6.45, 7) is 6.05. The molecule has 0 aliphatic heterocycles. The first kappa shape index (κ1) is 16.9. The van der Waals surface area contributed by atoms with Crippen LogP contribution in [0.1, 0.15) is 32.8 Å². The van der Waals surface area contributed by atoms with Gasteiger partial charge in [-0.3, -0.25) is 0 Å². The number of hydrogen-bond acceptors (Lipinski definition) is 3. The first-order chi connectivity index (χ1) is 10.8. The van der Waals surface area contributed by atoms with E-state index in [-0.39, 0.29) is 5.75 Å². The predicted octanol–water partition coefficient (Wildman–Crippen LogP) is 4.47. The van der Waals surface area contributed by atoms with Gasteiger partial charge in [0, 0.05) is 6.54 Å². The Hall–Kier alpha value is -2.49. The van der Waals surface area contributed by atoms with Gasteiger partial charge >= 0.3 is 6.09 Å². The van der Waals surface area contributed by atoms with E-state index in [9.17, 15) is 9.90 Å². The molecule has 1 amide bonds. The fourth-order valence-corrected chi connectivity index (χ4v) is 2.15. The normalized spacial score (nSPS) is 11.8. The Morgan fingerprint density at radius 2 is 1.87 bits per heavy atom. The van der Waals surface area contributed by atoms with Crippen LogP contribution in [0.25, 0.3) is 16.8 Å². The van der Waals surface area contributed by atoms with Gasteiger partial charge in [-0.15, -0.1) is 0 Å². The van der Waals surface area contributed by atoms with Gasteiger partial charge in [-0.05, 0) is 61.7 Å². The van der Waals surface area contributed by atoms with Crippen LogP contribution >= 0.6 is 0 Å². The van der Waals surface area contributed by atoms with Crippen LogP contribution in [0, 0.1) is 0 Å². The molecule has 0 atom stereocenters. The summed E-state index contributed by atoms with van der Waals surface area (Å²) in [7, 11) is 0. The van der Waals surface area contributed by atoms with Crippen molar-refractivity contribution in [3.63, 3.8) is 0 Å². The molecule has 2 rings (SSSR count). The maximum atomic E-state index is 11.5. The van der Waals surface area contributed by atoms with E-state index in [1.54, 1.807) is 12.1 Å². The number of ether oxygens (including phenoxy) is 1. The molecule has 0 saturated heterocycles. The minimum Gasteiger partial charge on any atom is -0.508 e. The Balaban J connectivity index is 1.84. The van der Waals surface area contributed by atoms with E-state index in [1.807, 2.05) is 51.1 Å². The monoisotopic (exact) mass is 313 g/mol. The smallest absolute Gasteiger partial charge is 0.407 e. The van der Waals surface area contributed by atoms with Crippen molar-refractivity contribution in [2.24, 2.45) is 0 Å². The predicted molar refractivity (Wildman–Crippen MR) is 93.5 cm³/mol. The molecule has 2 aromatic rings. The van der Waals surface area contributed by atoms with Crippen LogP contribution in [0.3, 0.4) is 0 Å². The molecule has 0 saturated carbocycles. The number of carbonyl (C=O) groups is 1. The van der Waals surface area contributed by atoms with Gasteiger partial charge in [0.1, 0.15) is 11.4 Å². The van der Waals surface area contributed by atoms with E-state index in [1.165, 1.54) is 0 Å². The number of alkyl carbamates (subject to hydrolysis) is 1. The second kappa shape index (κ2) is 7.18. The quantitative estimate of drug-likeness (QED) is 0.819. The number of hydrogen-bond donors (Lipinski definition) is 2. The highest BCUT2D eigenvalue weighted by Gasteiger charge is 2.15. The van der Waals surface area contributed by atoms with Crippen molar-refractivity contribution in [1.29, 1.82) is 0 Å². The zero-order valence-corrected chi connectivity index (χ0v) is 13.8. The van der Waals surface area contributed by atoms with Crippen molar-refractivity contribution >= 4 is 22.9 Å². The molecular weight excluding hydrogens is 290 g/mol. The summed E-state index contributed by atoms with van der Waals surface area (Å²) in [5.41, 5.74) is 0.611. The van der Waals surface area contributed by atoms with Gasteiger partial charge in [-0.1, -0.05) is 30.4 Å². The van der Waals surface area contributed by atoms with Crippen LogP contribution in [0.15, 0.2) is 42.5 Å². The fourth-order valence-electron chi connectivity index (χ4n) is 2.15. The molecule has 0 radical (unpaired) electrons. The first-order valence-electron chi connectivity index (χ1n) is 7.70. The molecule has 122 valence electrons. The number of fused-ring (bicyclic) bond motifs is 1. The van der Waals surface area contributed by atoms with Gasteiger partial charge in [-0.2, -0.15) is 0 Å². The summed E-state index contributed by atoms with van der Waals surface area (Å²) in [6, 6.07) is 11.4. The Morgan fingerprint density at radius 3 is 2.61 bits per heavy atom. The van der Waals surface area contributed by atoms with Crippen molar-refractivity contribution in [2.75, 3.05) is 6.54 Å². The van der Waals surface area contributed by atoms with E-state index in [0.29, 0.717) is 6.54 Å². The van der Waals surface area contributed by atoms with Crippen molar-refractivity contribution < 1.29 is 14.6 Å². The third kappa shape index (κ3) is 5.66. The van der Waals surface area contributed by atoms with Crippen molar-refractivity contribution in [3.8, 4) is 5.75 Å². The third-order valence-corrected chi connectivity index (χ3v) is 3.14. The Bertz CT molecular complexity index is 714. The molecule has 0 aliphatic carbocycles. The van der Waals surface area contributed by atoms with Crippen LogP contribution in [0.5, 0.6) is 5.75 Å². The van der Waals surface area contributed by atoms with E-state index >= 15 is 0 Å². The third-order valence-electron chi connectivity index (χ3n) is 3.14. The number of aromatic hydroxyl groups is 1. The van der Waals surface area contributed by atoms with E-state index in [0.717, 1.165) is 22.8 Å². The van der Waals surface area contributed by atoms with Crippen LogP contribution < -0.4 is 5.32 Å². The van der Waals surface area contributed by atoms with E-state index < -0.39 is 11.7 Å². The van der Waals surface area contributed by atoms with Crippen LogP contribution in [-0.4, -0.2) is 23.3 Å². The SMILES string of the molecule is CC(C)(C)OC(=O)NCCC=Cc1ccc2cc(O)ccc2c1. The average molecular weight is 313 g/mol. The van der Waals surface area contributed by atoms with Crippen LogP contribution in [-0.2, 0) is 4.74 Å². The lowest BCUT2D eigenvalue weighted by Gasteiger charge is -2.19. The molecule has 0 bridgehead atoms. The maximum absolute atomic E-state index is 11.5. The van der Waals surface area contributed by atoms with Gasteiger partial charge in [0.2, 0.25) is 0 Å². The lowest BCUT2D eigenvalue weighted by molar-refractivity contribution is 0.0529. The minimum absolute atomic E-state index is 0.272. The molecule has 23 heavy (non-hydrogen) atoms. The lowest BCUT2D eigenvalue weighted by atomic mass is 10.1. The molecule has 0 aromatic heterocycles. The average Bonchev–Trinajstić information content (AvgIpc) is 2.45. The Labute approximate surface area is 136 Å². The van der Waals surface area contributed by atoms with Gasteiger partial charge < -0.3 is 15.2 Å². The number of phenolic OH excluding ortho intramolecular Hbond substituents is 1. The number of phenols is 1. The van der Waals surface area contributed by atoms with Gasteiger partial charge in [0.05, 0.1) is 0 Å². The van der Waals surface area contributed by atoms with Gasteiger partial charge in [0.25, 0.3) is 0 Å². The topological polar surface area (TPSA) is 58.6 Å². The Morgan fingerprint density at radius 1 is 1.17 bits per heavy atom. The zero-order valence-electron chi connectivity index (χ0n) is 13.8. The standard InChI is InChI=1S/C19H23NO3/c1-19(2,3)23-18(22)20-11-5-4-6-14-7-8-16-13-17(21)10-9-15(16)12-14/h4,6-10,12-13,21H,5,11H2,1-3H3,(H,20,22). The molecular formula is C19H23NO3. The highest BCUT2D eigenvalue weighted by molar-refractivity contribution is 5.85. The summed E-state index contributed by atoms with van der Waals surface area (Å²) in [6.07, 6.45) is 4.37. The molecule has 4 heteroatoms. The van der Waals surface area contributed by atoms with Gasteiger partial charge in [0.15, 0.2) is 0 Å². The van der Waals surface area contributed by atoms with Crippen LogP contribution in [0.2, 0.25) is 0 Å². The highest BCUT2D eigenvalue weighted by atomic mass is 16.6. The molecule has 2 N–H and O–H groups in total. The van der Waals surface area contributed by atoms with Crippen molar-refractivity contribution in [1.82, 2.24) is 5.32 Å². The molecule has 0 heterocycles. The number of rotatable bonds is 4. The van der Waals surface area contributed by atoms with Crippen LogP contribution in [0.4, 0.5) is 4.79 Å². The lowest BCUT2D eigenvalue weighted by Crippen LogP contribution is -2.32. The van der Waals surface area contributed by atoms with E-state index in [2.05, 4.69) is 11.4 Å². The minimum atomic E-state index is -0.473. The number of nitrogens with one attached hydrogen (secondary N) is 1. The second-order valence-electron chi connectivity index (χ2n) is 6.41. The number of carbonyl (C=O) groups excluding carboxylic acids is 1. The maximum Gasteiger partial charge on any atom is 0.407 e. The van der Waals surface area contributed by atoms with E-state index in [4.69, 9.17) is 4.74 Å². The fraction of sp³-hybridized carbons (Fsp3) is 0.316. The summed E-state index contributed by atoms with van der Waals surface area (Å²) in [4.78, 5) is 11.5. The summed E-state index contributed by atoms with van der Waals surface area (Å²) in [5.74, 6) is 0.272. The summed E-state index contributed by atoms with van der Waals surface area (Å²) >= 11 is 0. The molecule has 0 aliphatic rings. The second-order valence-corrected chi connectivity index (χ2v) is 6.41. The highest BCUT2D eigenvalue weighted by Crippen LogP contribution is 2.21. The largest absolute Gasteiger partial charge is 0.508 e.